The molecular formula is C15H17N3O3S. The van der Waals surface area contributed by atoms with E-state index in [1.807, 2.05) is 32.0 Å². The molecular weight excluding hydrogens is 302 g/mol. The Morgan fingerprint density at radius 2 is 2.14 bits per heavy atom. The molecule has 7 heteroatoms. The Hall–Kier alpha value is -2.15. The summed E-state index contributed by atoms with van der Waals surface area (Å²) < 4.78 is 14.9. The van der Waals surface area contributed by atoms with Gasteiger partial charge in [-0.05, 0) is 42.6 Å². The topological polar surface area (TPSA) is 73.3 Å². The van der Waals surface area contributed by atoms with E-state index in [4.69, 9.17) is 9.47 Å². The molecule has 0 aliphatic carbocycles. The third-order valence-corrected chi connectivity index (χ3v) is 4.28. The summed E-state index contributed by atoms with van der Waals surface area (Å²) in [6.07, 6.45) is 0.692. The minimum absolute atomic E-state index is 0.143. The van der Waals surface area contributed by atoms with Gasteiger partial charge in [-0.3, -0.25) is 4.79 Å². The highest BCUT2D eigenvalue weighted by Crippen LogP contribution is 2.32. The lowest BCUT2D eigenvalue weighted by atomic mass is 10.1. The van der Waals surface area contributed by atoms with Gasteiger partial charge in [-0.15, -0.1) is 5.10 Å². The molecule has 2 heterocycles. The first kappa shape index (κ1) is 14.8. The van der Waals surface area contributed by atoms with Crippen LogP contribution in [0.4, 0.5) is 0 Å². The lowest BCUT2D eigenvalue weighted by molar-refractivity contribution is 0.0942. The molecule has 0 saturated heterocycles. The number of hydrogen-bond donors (Lipinski definition) is 1. The van der Waals surface area contributed by atoms with E-state index in [0.717, 1.165) is 34.3 Å². The molecule has 116 valence electrons. The van der Waals surface area contributed by atoms with E-state index in [9.17, 15) is 4.79 Å². The van der Waals surface area contributed by atoms with Crippen molar-refractivity contribution in [2.45, 2.75) is 26.3 Å². The SMILES string of the molecule is CCc1nnsc1C(=O)NC(C)c1ccc2c(c1)OCCO2. The van der Waals surface area contributed by atoms with Gasteiger partial charge in [-0.25, -0.2) is 0 Å². The first-order valence-electron chi connectivity index (χ1n) is 7.20. The molecule has 2 aromatic rings. The molecule has 1 aliphatic rings. The van der Waals surface area contributed by atoms with E-state index < -0.39 is 0 Å². The number of carbonyl (C=O) groups excluding carboxylic acids is 1. The van der Waals surface area contributed by atoms with Crippen LogP contribution in [-0.2, 0) is 6.42 Å². The normalized spacial score (nSPS) is 14.5. The zero-order valence-corrected chi connectivity index (χ0v) is 13.3. The summed E-state index contributed by atoms with van der Waals surface area (Å²) in [5.74, 6) is 1.32. The molecule has 1 atom stereocenters. The Morgan fingerprint density at radius 1 is 1.36 bits per heavy atom. The Balaban J connectivity index is 1.74. The van der Waals surface area contributed by atoms with Gasteiger partial charge in [-0.2, -0.15) is 0 Å². The van der Waals surface area contributed by atoms with Crippen molar-refractivity contribution in [1.82, 2.24) is 14.9 Å². The number of rotatable bonds is 4. The van der Waals surface area contributed by atoms with E-state index >= 15 is 0 Å². The molecule has 0 bridgehead atoms. The number of hydrogen-bond acceptors (Lipinski definition) is 6. The second kappa shape index (κ2) is 6.31. The standard InChI is InChI=1S/C15H17N3O3S/c1-3-11-14(22-18-17-11)15(19)16-9(2)10-4-5-12-13(8-10)21-7-6-20-12/h4-5,8-9H,3,6-7H2,1-2H3,(H,16,19). The fourth-order valence-electron chi connectivity index (χ4n) is 2.29. The van der Waals surface area contributed by atoms with E-state index in [0.29, 0.717) is 24.5 Å². The molecule has 1 N–H and O–H groups in total. The van der Waals surface area contributed by atoms with Crippen LogP contribution >= 0.6 is 11.5 Å². The molecule has 0 fully saturated rings. The smallest absolute Gasteiger partial charge is 0.265 e. The van der Waals surface area contributed by atoms with Crippen LogP contribution in [-0.4, -0.2) is 28.7 Å². The number of aryl methyl sites for hydroxylation is 1. The summed E-state index contributed by atoms with van der Waals surface area (Å²) in [4.78, 5) is 12.9. The number of amides is 1. The van der Waals surface area contributed by atoms with Crippen molar-refractivity contribution in [3.05, 3.63) is 34.3 Å². The predicted molar refractivity (Wildman–Crippen MR) is 82.6 cm³/mol. The molecule has 1 aromatic carbocycles. The fraction of sp³-hybridized carbons (Fsp3) is 0.400. The number of benzene rings is 1. The minimum atomic E-state index is -0.144. The van der Waals surface area contributed by atoms with Gasteiger partial charge in [0.15, 0.2) is 11.5 Å². The van der Waals surface area contributed by atoms with E-state index in [-0.39, 0.29) is 11.9 Å². The largest absolute Gasteiger partial charge is 0.486 e. The third kappa shape index (κ3) is 2.89. The molecule has 0 radical (unpaired) electrons. The molecule has 1 aromatic heterocycles. The van der Waals surface area contributed by atoms with Crippen LogP contribution in [0.5, 0.6) is 11.5 Å². The van der Waals surface area contributed by atoms with Gasteiger partial charge >= 0.3 is 0 Å². The molecule has 6 nitrogen and oxygen atoms in total. The number of carbonyl (C=O) groups is 1. The van der Waals surface area contributed by atoms with Gasteiger partial charge in [0, 0.05) is 0 Å². The maximum Gasteiger partial charge on any atom is 0.265 e. The summed E-state index contributed by atoms with van der Waals surface area (Å²) in [7, 11) is 0. The number of nitrogens with one attached hydrogen (secondary N) is 1. The lowest BCUT2D eigenvalue weighted by Crippen LogP contribution is -2.27. The van der Waals surface area contributed by atoms with Crippen LogP contribution in [0, 0.1) is 0 Å². The van der Waals surface area contributed by atoms with Gasteiger partial charge in [0.25, 0.3) is 5.91 Å². The minimum Gasteiger partial charge on any atom is -0.486 e. The summed E-state index contributed by atoms with van der Waals surface area (Å²) in [6, 6.07) is 5.57. The van der Waals surface area contributed by atoms with Crippen LogP contribution < -0.4 is 14.8 Å². The monoisotopic (exact) mass is 319 g/mol. The summed E-state index contributed by atoms with van der Waals surface area (Å²) in [5, 5.41) is 6.94. The first-order valence-corrected chi connectivity index (χ1v) is 7.98. The van der Waals surface area contributed by atoms with Crippen molar-refractivity contribution in [2.75, 3.05) is 13.2 Å². The van der Waals surface area contributed by atoms with E-state index in [1.54, 1.807) is 0 Å². The average molecular weight is 319 g/mol. The second-order valence-electron chi connectivity index (χ2n) is 5.00. The summed E-state index contributed by atoms with van der Waals surface area (Å²) in [5.41, 5.74) is 1.70. The number of nitrogens with zero attached hydrogens (tertiary/aromatic N) is 2. The van der Waals surface area contributed by atoms with Crippen molar-refractivity contribution in [3.8, 4) is 11.5 Å². The van der Waals surface area contributed by atoms with E-state index in [1.165, 1.54) is 0 Å². The molecule has 1 unspecified atom stereocenters. The third-order valence-electron chi connectivity index (χ3n) is 3.51. The summed E-state index contributed by atoms with van der Waals surface area (Å²) in [6.45, 7) is 5.00. The highest BCUT2D eigenvalue weighted by molar-refractivity contribution is 7.08. The maximum absolute atomic E-state index is 12.3. The Bertz CT molecular complexity index is 686. The first-order chi connectivity index (χ1) is 10.7. The highest BCUT2D eigenvalue weighted by Gasteiger charge is 2.19. The maximum atomic E-state index is 12.3. The Labute approximate surface area is 132 Å². The van der Waals surface area contributed by atoms with Crippen LogP contribution in [0.25, 0.3) is 0 Å². The summed E-state index contributed by atoms with van der Waals surface area (Å²) >= 11 is 1.12. The van der Waals surface area contributed by atoms with Crippen LogP contribution in [0.1, 0.15) is 40.8 Å². The van der Waals surface area contributed by atoms with Crippen molar-refractivity contribution >= 4 is 17.4 Å². The van der Waals surface area contributed by atoms with Gasteiger partial charge in [-0.1, -0.05) is 17.5 Å². The Morgan fingerprint density at radius 3 is 2.91 bits per heavy atom. The van der Waals surface area contributed by atoms with Gasteiger partial charge in [0.2, 0.25) is 0 Å². The number of aromatic nitrogens is 2. The zero-order chi connectivity index (χ0) is 15.5. The lowest BCUT2D eigenvalue weighted by Gasteiger charge is -2.21. The quantitative estimate of drug-likeness (QED) is 0.936. The van der Waals surface area contributed by atoms with Gasteiger partial charge < -0.3 is 14.8 Å². The van der Waals surface area contributed by atoms with Gasteiger partial charge in [0.1, 0.15) is 18.1 Å². The Kier molecular flexibility index (Phi) is 4.24. The van der Waals surface area contributed by atoms with E-state index in [2.05, 4.69) is 14.9 Å². The number of ether oxygens (including phenoxy) is 2. The molecule has 1 aliphatic heterocycles. The molecule has 0 saturated carbocycles. The van der Waals surface area contributed by atoms with Crippen molar-refractivity contribution in [1.29, 1.82) is 0 Å². The molecule has 1 amide bonds. The van der Waals surface area contributed by atoms with Crippen molar-refractivity contribution in [2.24, 2.45) is 0 Å². The highest BCUT2D eigenvalue weighted by atomic mass is 32.1. The molecule has 22 heavy (non-hydrogen) atoms. The number of fused-ring (bicyclic) bond motifs is 1. The molecule has 3 rings (SSSR count). The second-order valence-corrected chi connectivity index (χ2v) is 5.75. The predicted octanol–water partition coefficient (Wildman–Crippen LogP) is 2.36. The van der Waals surface area contributed by atoms with Crippen LogP contribution in [0.3, 0.4) is 0 Å². The van der Waals surface area contributed by atoms with Gasteiger partial charge in [0.05, 0.1) is 11.7 Å². The fourth-order valence-corrected chi connectivity index (χ4v) is 2.94. The van der Waals surface area contributed by atoms with Crippen LogP contribution in [0.2, 0.25) is 0 Å². The zero-order valence-electron chi connectivity index (χ0n) is 12.5. The molecule has 0 spiro atoms. The van der Waals surface area contributed by atoms with Crippen molar-refractivity contribution < 1.29 is 14.3 Å². The average Bonchev–Trinajstić information content (AvgIpc) is 3.03. The van der Waals surface area contributed by atoms with Crippen molar-refractivity contribution in [3.63, 3.8) is 0 Å². The van der Waals surface area contributed by atoms with Crippen LogP contribution in [0.15, 0.2) is 18.2 Å².